The van der Waals surface area contributed by atoms with Crippen LogP contribution in [0.2, 0.25) is 0 Å². The quantitative estimate of drug-likeness (QED) is 0.336. The van der Waals surface area contributed by atoms with Crippen molar-refractivity contribution in [1.82, 2.24) is 0 Å². The molecular weight excluding hydrogens is 93.1 g/mol. The zero-order chi connectivity index (χ0) is 3.41. The summed E-state index contributed by atoms with van der Waals surface area (Å²) >= 11 is 0. The van der Waals surface area contributed by atoms with Crippen LogP contribution in [0.4, 0.5) is 0 Å². The van der Waals surface area contributed by atoms with Crippen LogP contribution < -0.4 is 62.2 Å². The van der Waals surface area contributed by atoms with Crippen LogP contribution in [0.1, 0.15) is 0 Å². The van der Waals surface area contributed by atoms with Crippen LogP contribution in [0.25, 0.3) is 0 Å². The molecule has 0 aliphatic carbocycles. The molecule has 0 radical (unpaired) electrons. The third kappa shape index (κ3) is 10.8. The van der Waals surface area contributed by atoms with Crippen molar-refractivity contribution in [1.29, 1.82) is 0 Å². The molecule has 5 heavy (non-hydrogen) atoms. The molecule has 0 aliphatic rings. The molecule has 2 nitrogen and oxygen atoms in total. The van der Waals surface area contributed by atoms with Gasteiger partial charge in [0.1, 0.15) is 0 Å². The standard InChI is InChI=1S/C2H6NO.K/c3-1-2-4;/h1-3H2;/q-1;+1. The van der Waals surface area contributed by atoms with Crippen molar-refractivity contribution in [2.24, 2.45) is 5.73 Å². The van der Waals surface area contributed by atoms with E-state index in [1.165, 1.54) is 0 Å². The molecule has 2 N–H and O–H groups in total. The van der Waals surface area contributed by atoms with Crippen LogP contribution in [-0.2, 0) is 0 Å². The van der Waals surface area contributed by atoms with Crippen molar-refractivity contribution >= 4 is 0 Å². The second kappa shape index (κ2) is 9.12. The maximum absolute atomic E-state index is 9.17. The first-order valence-corrected chi connectivity index (χ1v) is 1.20. The van der Waals surface area contributed by atoms with E-state index in [4.69, 9.17) is 5.73 Å². The van der Waals surface area contributed by atoms with Crippen LogP contribution in [0.15, 0.2) is 0 Å². The second-order valence-corrected chi connectivity index (χ2v) is 0.493. The minimum Gasteiger partial charge on any atom is -0.854 e. The summed E-state index contributed by atoms with van der Waals surface area (Å²) in [6.07, 6.45) is 0. The van der Waals surface area contributed by atoms with Gasteiger partial charge in [0.05, 0.1) is 0 Å². The van der Waals surface area contributed by atoms with Gasteiger partial charge in [-0.2, -0.15) is 0 Å². The molecule has 0 bridgehead atoms. The maximum atomic E-state index is 9.17. The van der Waals surface area contributed by atoms with Crippen LogP contribution in [0.5, 0.6) is 0 Å². The van der Waals surface area contributed by atoms with Crippen molar-refractivity contribution in [2.75, 3.05) is 13.2 Å². The summed E-state index contributed by atoms with van der Waals surface area (Å²) in [4.78, 5) is 0. The Hall–Kier alpha value is 1.56. The van der Waals surface area contributed by atoms with Gasteiger partial charge in [-0.25, -0.2) is 0 Å². The van der Waals surface area contributed by atoms with E-state index in [0.717, 1.165) is 0 Å². The molecule has 0 amide bonds. The summed E-state index contributed by atoms with van der Waals surface area (Å²) in [5.41, 5.74) is 4.72. The van der Waals surface area contributed by atoms with E-state index in [1.54, 1.807) is 0 Å². The number of nitrogens with two attached hydrogens (primary N) is 1. The Labute approximate surface area is 74.2 Å². The molecule has 0 saturated carbocycles. The monoisotopic (exact) mass is 99.0 g/mol. The summed E-state index contributed by atoms with van der Waals surface area (Å²) in [7, 11) is 0. The normalized spacial score (nSPS) is 6.00. The van der Waals surface area contributed by atoms with E-state index < -0.39 is 0 Å². The summed E-state index contributed by atoms with van der Waals surface area (Å²) < 4.78 is 0. The van der Waals surface area contributed by atoms with Gasteiger partial charge in [-0.15, -0.1) is 6.61 Å². The SMILES string of the molecule is NCC[O-].[K+]. The average molecular weight is 99.2 g/mol. The van der Waals surface area contributed by atoms with Gasteiger partial charge in [0.15, 0.2) is 0 Å². The Balaban J connectivity index is 0. The number of rotatable bonds is 1. The molecule has 3 heteroatoms. The molecule has 0 heterocycles. The molecule has 0 fully saturated rings. The van der Waals surface area contributed by atoms with E-state index >= 15 is 0 Å². The summed E-state index contributed by atoms with van der Waals surface area (Å²) in [6.45, 7) is 0.111. The van der Waals surface area contributed by atoms with Gasteiger partial charge < -0.3 is 10.8 Å². The van der Waals surface area contributed by atoms with Crippen molar-refractivity contribution < 1.29 is 56.5 Å². The van der Waals surface area contributed by atoms with Gasteiger partial charge in [-0.1, -0.05) is 0 Å². The minimum absolute atomic E-state index is 0. The summed E-state index contributed by atoms with van der Waals surface area (Å²) in [6, 6.07) is 0. The van der Waals surface area contributed by atoms with E-state index in [0.29, 0.717) is 0 Å². The predicted molar refractivity (Wildman–Crippen MR) is 13.9 cm³/mol. The molecular formula is C2H6KNO. The Morgan fingerprint density at radius 2 is 1.80 bits per heavy atom. The third-order valence-electron chi connectivity index (χ3n) is 0.118. The fourth-order valence-electron chi connectivity index (χ4n) is 0. The third-order valence-corrected chi connectivity index (χ3v) is 0.118. The Morgan fingerprint density at radius 3 is 1.80 bits per heavy atom. The Bertz CT molecular complexity index is 11.6. The van der Waals surface area contributed by atoms with Gasteiger partial charge in [0.2, 0.25) is 0 Å². The molecule has 0 atom stereocenters. The Morgan fingerprint density at radius 1 is 1.60 bits per heavy atom. The molecule has 0 aromatic rings. The molecule has 0 aromatic carbocycles. The molecule has 0 saturated heterocycles. The van der Waals surface area contributed by atoms with E-state index in [9.17, 15) is 5.11 Å². The van der Waals surface area contributed by atoms with E-state index in [-0.39, 0.29) is 64.5 Å². The predicted octanol–water partition coefficient (Wildman–Crippen LogP) is -4.69. The molecule has 26 valence electrons. The first-order valence-electron chi connectivity index (χ1n) is 1.20. The maximum Gasteiger partial charge on any atom is 1.00 e. The van der Waals surface area contributed by atoms with Crippen molar-refractivity contribution in [3.05, 3.63) is 0 Å². The largest absolute Gasteiger partial charge is 1.00 e. The molecule has 0 spiro atoms. The zero-order valence-electron chi connectivity index (χ0n) is 3.40. The van der Waals surface area contributed by atoms with Crippen molar-refractivity contribution in [2.45, 2.75) is 0 Å². The van der Waals surface area contributed by atoms with Gasteiger partial charge >= 0.3 is 51.4 Å². The molecule has 0 unspecified atom stereocenters. The van der Waals surface area contributed by atoms with Crippen molar-refractivity contribution in [3.63, 3.8) is 0 Å². The smallest absolute Gasteiger partial charge is 0.854 e. The minimum atomic E-state index is -0.153. The number of hydrogen-bond donors (Lipinski definition) is 1. The molecule has 0 aliphatic heterocycles. The Kier molecular flexibility index (Phi) is 17.8. The van der Waals surface area contributed by atoms with Crippen LogP contribution in [0.3, 0.4) is 0 Å². The zero-order valence-corrected chi connectivity index (χ0v) is 6.52. The van der Waals surface area contributed by atoms with Crippen LogP contribution >= 0.6 is 0 Å². The number of hydrogen-bond acceptors (Lipinski definition) is 2. The topological polar surface area (TPSA) is 49.1 Å². The first-order chi connectivity index (χ1) is 1.91. The summed E-state index contributed by atoms with van der Waals surface area (Å²) in [5, 5.41) is 9.17. The fraction of sp³-hybridized carbons (Fsp3) is 1.00. The van der Waals surface area contributed by atoms with Gasteiger partial charge in [0.25, 0.3) is 0 Å². The van der Waals surface area contributed by atoms with E-state index in [1.807, 2.05) is 0 Å². The molecule has 0 aromatic heterocycles. The van der Waals surface area contributed by atoms with Crippen LogP contribution in [-0.4, -0.2) is 13.2 Å². The van der Waals surface area contributed by atoms with Gasteiger partial charge in [-0.05, 0) is 6.54 Å². The average Bonchev–Trinajstić information content (AvgIpc) is 1.37. The van der Waals surface area contributed by atoms with Crippen LogP contribution in [0, 0.1) is 0 Å². The van der Waals surface area contributed by atoms with Gasteiger partial charge in [-0.3, -0.25) is 0 Å². The molecule has 0 rings (SSSR count). The van der Waals surface area contributed by atoms with Crippen molar-refractivity contribution in [3.8, 4) is 0 Å². The first kappa shape index (κ1) is 9.75. The summed E-state index contributed by atoms with van der Waals surface area (Å²) in [5.74, 6) is 0. The second-order valence-electron chi connectivity index (χ2n) is 0.493. The fourth-order valence-corrected chi connectivity index (χ4v) is 0. The van der Waals surface area contributed by atoms with Gasteiger partial charge in [0, 0.05) is 0 Å². The van der Waals surface area contributed by atoms with E-state index in [2.05, 4.69) is 0 Å².